The topological polar surface area (TPSA) is 76.8 Å². The molecule has 1 heterocycles. The first-order chi connectivity index (χ1) is 5.36. The zero-order valence-corrected chi connectivity index (χ0v) is 6.50. The fourth-order valence-electron chi connectivity index (χ4n) is 0.731. The van der Waals surface area contributed by atoms with Crippen LogP contribution in [0.5, 0.6) is 0 Å². The number of aromatic nitrogens is 3. The second-order valence-electron chi connectivity index (χ2n) is 2.15. The summed E-state index contributed by atoms with van der Waals surface area (Å²) >= 11 is 0. The molecule has 1 rings (SSSR count). The van der Waals surface area contributed by atoms with Crippen LogP contribution in [-0.4, -0.2) is 28.9 Å². The molecule has 0 aromatic carbocycles. The molecule has 0 saturated carbocycles. The maximum absolute atomic E-state index is 5.33. The van der Waals surface area contributed by atoms with Crippen molar-refractivity contribution in [3.8, 4) is 0 Å². The van der Waals surface area contributed by atoms with Gasteiger partial charge < -0.3 is 10.5 Å². The summed E-state index contributed by atoms with van der Waals surface area (Å²) in [5.74, 6) is 1.48. The van der Waals surface area contributed by atoms with E-state index in [9.17, 15) is 0 Å². The van der Waals surface area contributed by atoms with Crippen LogP contribution in [0.25, 0.3) is 0 Å². The minimum atomic E-state index is 0.403. The monoisotopic (exact) mass is 156 g/mol. The van der Waals surface area contributed by atoms with Crippen LogP contribution in [-0.2, 0) is 17.7 Å². The maximum Gasteiger partial charge on any atom is 0.153 e. The molecule has 1 aromatic rings. The second-order valence-corrected chi connectivity index (χ2v) is 2.15. The Kier molecular flexibility index (Phi) is 3.00. The van der Waals surface area contributed by atoms with Crippen molar-refractivity contribution in [3.05, 3.63) is 11.6 Å². The van der Waals surface area contributed by atoms with Crippen molar-refractivity contribution in [3.63, 3.8) is 0 Å². The highest BCUT2D eigenvalue weighted by molar-refractivity contribution is 4.89. The van der Waals surface area contributed by atoms with Gasteiger partial charge in [0.1, 0.15) is 5.82 Å². The van der Waals surface area contributed by atoms with E-state index in [1.165, 1.54) is 0 Å². The summed E-state index contributed by atoms with van der Waals surface area (Å²) in [6, 6.07) is 0. The molecule has 0 bridgehead atoms. The summed E-state index contributed by atoms with van der Waals surface area (Å²) < 4.78 is 4.86. The minimum Gasteiger partial charge on any atom is -0.384 e. The number of ether oxygens (including phenoxy) is 1. The number of H-pyrrole nitrogens is 1. The number of aromatic amines is 1. The van der Waals surface area contributed by atoms with Crippen LogP contribution in [0.2, 0.25) is 0 Å². The molecule has 3 N–H and O–H groups in total. The average molecular weight is 156 g/mol. The van der Waals surface area contributed by atoms with E-state index in [1.54, 1.807) is 7.11 Å². The Bertz CT molecular complexity index is 210. The maximum atomic E-state index is 5.33. The molecule has 0 aliphatic carbocycles. The van der Waals surface area contributed by atoms with Crippen molar-refractivity contribution < 1.29 is 4.74 Å². The third-order valence-corrected chi connectivity index (χ3v) is 1.30. The Balaban J connectivity index is 2.44. The van der Waals surface area contributed by atoms with Crippen LogP contribution in [0.1, 0.15) is 11.6 Å². The molecule has 1 aromatic heterocycles. The molecule has 0 aliphatic rings. The van der Waals surface area contributed by atoms with Gasteiger partial charge in [0.05, 0.1) is 13.2 Å². The van der Waals surface area contributed by atoms with Gasteiger partial charge in [-0.3, -0.25) is 5.10 Å². The van der Waals surface area contributed by atoms with Gasteiger partial charge in [-0.15, -0.1) is 0 Å². The van der Waals surface area contributed by atoms with Crippen LogP contribution < -0.4 is 5.73 Å². The summed E-state index contributed by atoms with van der Waals surface area (Å²) in [7, 11) is 1.65. The summed E-state index contributed by atoms with van der Waals surface area (Å²) in [5, 5.41) is 6.65. The van der Waals surface area contributed by atoms with Gasteiger partial charge in [-0.1, -0.05) is 0 Å². The normalized spacial score (nSPS) is 10.4. The zero-order valence-electron chi connectivity index (χ0n) is 6.50. The molecular formula is C6H12N4O. The van der Waals surface area contributed by atoms with Crippen LogP contribution in [0.4, 0.5) is 0 Å². The van der Waals surface area contributed by atoms with Crippen molar-refractivity contribution in [2.75, 3.05) is 13.7 Å². The van der Waals surface area contributed by atoms with Gasteiger partial charge in [0.25, 0.3) is 0 Å². The molecule has 5 heteroatoms. The summed E-state index contributed by atoms with van der Waals surface area (Å²) in [5.41, 5.74) is 5.33. The fourth-order valence-corrected chi connectivity index (χ4v) is 0.731. The highest BCUT2D eigenvalue weighted by Crippen LogP contribution is 1.92. The first-order valence-electron chi connectivity index (χ1n) is 3.46. The quantitative estimate of drug-likeness (QED) is 0.613. The van der Waals surface area contributed by atoms with E-state index >= 15 is 0 Å². The van der Waals surface area contributed by atoms with Crippen LogP contribution >= 0.6 is 0 Å². The molecular weight excluding hydrogens is 144 g/mol. The molecule has 62 valence electrons. The lowest BCUT2D eigenvalue weighted by Gasteiger charge is -1.90. The Labute approximate surface area is 65.0 Å². The lowest BCUT2D eigenvalue weighted by Crippen LogP contribution is -1.99. The Hall–Kier alpha value is -0.940. The van der Waals surface area contributed by atoms with Gasteiger partial charge in [-0.05, 0) is 0 Å². The highest BCUT2D eigenvalue weighted by Gasteiger charge is 1.99. The highest BCUT2D eigenvalue weighted by atomic mass is 16.5. The van der Waals surface area contributed by atoms with Crippen LogP contribution in [0.15, 0.2) is 0 Å². The number of nitrogens with one attached hydrogen (secondary N) is 1. The molecule has 0 unspecified atom stereocenters. The van der Waals surface area contributed by atoms with E-state index in [1.807, 2.05) is 0 Å². The van der Waals surface area contributed by atoms with E-state index in [2.05, 4.69) is 15.2 Å². The van der Waals surface area contributed by atoms with E-state index < -0.39 is 0 Å². The lowest BCUT2D eigenvalue weighted by atomic mass is 10.4. The van der Waals surface area contributed by atoms with E-state index in [0.717, 1.165) is 18.1 Å². The Morgan fingerprint density at radius 3 is 3.00 bits per heavy atom. The molecule has 0 atom stereocenters. The zero-order chi connectivity index (χ0) is 8.10. The van der Waals surface area contributed by atoms with Gasteiger partial charge in [0.2, 0.25) is 0 Å². The smallest absolute Gasteiger partial charge is 0.153 e. The minimum absolute atomic E-state index is 0.403. The number of nitrogens with zero attached hydrogens (tertiary/aromatic N) is 2. The summed E-state index contributed by atoms with van der Waals surface area (Å²) in [4.78, 5) is 4.09. The van der Waals surface area contributed by atoms with E-state index in [-0.39, 0.29) is 0 Å². The molecule has 0 radical (unpaired) electrons. The van der Waals surface area contributed by atoms with Crippen molar-refractivity contribution in [1.82, 2.24) is 15.2 Å². The molecule has 0 amide bonds. The molecule has 0 aliphatic heterocycles. The predicted molar refractivity (Wildman–Crippen MR) is 39.9 cm³/mol. The molecule has 0 fully saturated rings. The number of hydrogen-bond acceptors (Lipinski definition) is 4. The van der Waals surface area contributed by atoms with Gasteiger partial charge in [-0.25, -0.2) is 4.98 Å². The second kappa shape index (κ2) is 4.05. The number of rotatable bonds is 4. The summed E-state index contributed by atoms with van der Waals surface area (Å²) in [6.07, 6.45) is 0.729. The van der Waals surface area contributed by atoms with Crippen molar-refractivity contribution in [1.29, 1.82) is 0 Å². The van der Waals surface area contributed by atoms with Gasteiger partial charge in [0, 0.05) is 13.5 Å². The lowest BCUT2D eigenvalue weighted by molar-refractivity contribution is 0.200. The van der Waals surface area contributed by atoms with Crippen molar-refractivity contribution >= 4 is 0 Å². The van der Waals surface area contributed by atoms with E-state index in [4.69, 9.17) is 10.5 Å². The molecule has 5 nitrogen and oxygen atoms in total. The van der Waals surface area contributed by atoms with E-state index in [0.29, 0.717) is 13.2 Å². The first kappa shape index (κ1) is 8.16. The average Bonchev–Trinajstić information content (AvgIpc) is 2.48. The summed E-state index contributed by atoms with van der Waals surface area (Å²) in [6.45, 7) is 1.04. The SMILES string of the molecule is COCCc1n[nH]c(CN)n1. The molecule has 0 saturated heterocycles. The third-order valence-electron chi connectivity index (χ3n) is 1.30. The Morgan fingerprint density at radius 2 is 2.45 bits per heavy atom. The number of methoxy groups -OCH3 is 1. The van der Waals surface area contributed by atoms with Gasteiger partial charge in [0.15, 0.2) is 5.82 Å². The van der Waals surface area contributed by atoms with Gasteiger partial charge >= 0.3 is 0 Å². The number of hydrogen-bond donors (Lipinski definition) is 2. The number of nitrogens with two attached hydrogens (primary N) is 1. The van der Waals surface area contributed by atoms with Crippen molar-refractivity contribution in [2.45, 2.75) is 13.0 Å². The van der Waals surface area contributed by atoms with Crippen LogP contribution in [0.3, 0.4) is 0 Å². The largest absolute Gasteiger partial charge is 0.384 e. The Morgan fingerprint density at radius 1 is 1.64 bits per heavy atom. The standard InChI is InChI=1S/C6H12N4O/c1-11-3-2-5-8-6(4-7)10-9-5/h2-4,7H2,1H3,(H,8,9,10). The fraction of sp³-hybridized carbons (Fsp3) is 0.667. The molecule has 0 spiro atoms. The van der Waals surface area contributed by atoms with Gasteiger partial charge in [-0.2, -0.15) is 5.10 Å². The van der Waals surface area contributed by atoms with Crippen LogP contribution in [0, 0.1) is 0 Å². The predicted octanol–water partition coefficient (Wildman–Crippen LogP) is -0.548. The third kappa shape index (κ3) is 2.28. The molecule has 11 heavy (non-hydrogen) atoms. The van der Waals surface area contributed by atoms with Crippen molar-refractivity contribution in [2.24, 2.45) is 5.73 Å². The first-order valence-corrected chi connectivity index (χ1v) is 3.46.